The Morgan fingerprint density at radius 2 is 2.10 bits per heavy atom. The van der Waals surface area contributed by atoms with Crippen molar-refractivity contribution in [2.75, 3.05) is 6.54 Å². The lowest BCUT2D eigenvalue weighted by molar-refractivity contribution is 0.148. The molecule has 0 spiro atoms. The van der Waals surface area contributed by atoms with Crippen LogP contribution < -0.4 is 5.73 Å². The Balaban J connectivity index is 1.92. The molecule has 3 heteroatoms. The number of nitrogens with zero attached hydrogens (tertiary/aromatic N) is 1. The summed E-state index contributed by atoms with van der Waals surface area (Å²) in [6.07, 6.45) is 12.3. The zero-order valence-electron chi connectivity index (χ0n) is 12.6. The predicted molar refractivity (Wildman–Crippen MR) is 88.6 cm³/mol. The number of halogens is 1. The van der Waals surface area contributed by atoms with Gasteiger partial charge in [-0.05, 0) is 78.0 Å². The average molecular weight is 339 g/mol. The van der Waals surface area contributed by atoms with Crippen molar-refractivity contribution >= 4 is 15.9 Å². The van der Waals surface area contributed by atoms with Gasteiger partial charge in [0.15, 0.2) is 0 Å². The van der Waals surface area contributed by atoms with Gasteiger partial charge in [0.2, 0.25) is 0 Å². The number of hydrogen-bond donors (Lipinski definition) is 1. The van der Waals surface area contributed by atoms with E-state index >= 15 is 0 Å². The molecule has 0 radical (unpaired) electrons. The topological polar surface area (TPSA) is 38.9 Å². The second-order valence-electron chi connectivity index (χ2n) is 6.43. The highest BCUT2D eigenvalue weighted by Crippen LogP contribution is 2.42. The van der Waals surface area contributed by atoms with Crippen LogP contribution in [-0.4, -0.2) is 11.5 Å². The van der Waals surface area contributed by atoms with Gasteiger partial charge in [-0.15, -0.1) is 0 Å². The molecule has 0 unspecified atom stereocenters. The van der Waals surface area contributed by atoms with Crippen molar-refractivity contribution < 1.29 is 0 Å². The first-order valence-corrected chi connectivity index (χ1v) is 8.77. The maximum atomic E-state index is 6.12. The van der Waals surface area contributed by atoms with E-state index in [4.69, 9.17) is 5.73 Å². The van der Waals surface area contributed by atoms with E-state index in [1.165, 1.54) is 50.6 Å². The van der Waals surface area contributed by atoms with Gasteiger partial charge in [-0.3, -0.25) is 4.98 Å². The van der Waals surface area contributed by atoms with E-state index in [9.17, 15) is 0 Å². The minimum atomic E-state index is 0.295. The van der Waals surface area contributed by atoms with Crippen molar-refractivity contribution in [3.05, 3.63) is 28.5 Å². The van der Waals surface area contributed by atoms with Crippen LogP contribution in [0.2, 0.25) is 0 Å². The van der Waals surface area contributed by atoms with Crippen molar-refractivity contribution in [2.24, 2.45) is 17.1 Å². The van der Waals surface area contributed by atoms with Crippen molar-refractivity contribution in [3.8, 4) is 0 Å². The standard InChI is InChI=1S/C17H27BrN2/c1-2-3-4-14-7-9-17(13-19,10-8-14)11-16-6-5-15(18)12-20-16/h5-6,12,14H,2-4,7-11,13,19H2,1H3. The molecule has 1 aliphatic rings. The fourth-order valence-corrected chi connectivity index (χ4v) is 3.65. The Morgan fingerprint density at radius 1 is 1.35 bits per heavy atom. The molecule has 0 amide bonds. The zero-order chi connectivity index (χ0) is 14.4. The summed E-state index contributed by atoms with van der Waals surface area (Å²) in [7, 11) is 0. The van der Waals surface area contributed by atoms with Crippen LogP contribution in [0.15, 0.2) is 22.8 Å². The highest BCUT2D eigenvalue weighted by molar-refractivity contribution is 9.10. The molecule has 0 aliphatic heterocycles. The maximum Gasteiger partial charge on any atom is 0.0413 e. The minimum absolute atomic E-state index is 0.295. The molecule has 2 nitrogen and oxygen atoms in total. The zero-order valence-corrected chi connectivity index (χ0v) is 14.2. The normalized spacial score (nSPS) is 26.6. The SMILES string of the molecule is CCCCC1CCC(CN)(Cc2ccc(Br)cn2)CC1. The molecule has 1 aliphatic carbocycles. The van der Waals surface area contributed by atoms with E-state index in [2.05, 4.69) is 40.0 Å². The van der Waals surface area contributed by atoms with Gasteiger partial charge in [0, 0.05) is 16.4 Å². The van der Waals surface area contributed by atoms with Crippen molar-refractivity contribution in [3.63, 3.8) is 0 Å². The Hall–Kier alpha value is -0.410. The van der Waals surface area contributed by atoms with E-state index in [-0.39, 0.29) is 0 Å². The number of pyridine rings is 1. The number of nitrogens with two attached hydrogens (primary N) is 1. The first-order chi connectivity index (χ1) is 9.67. The molecule has 2 rings (SSSR count). The summed E-state index contributed by atoms with van der Waals surface area (Å²) in [5.74, 6) is 0.938. The summed E-state index contributed by atoms with van der Waals surface area (Å²) < 4.78 is 1.05. The largest absolute Gasteiger partial charge is 0.330 e. The van der Waals surface area contributed by atoms with Crippen LogP contribution in [0.3, 0.4) is 0 Å². The van der Waals surface area contributed by atoms with E-state index in [0.29, 0.717) is 5.41 Å². The lowest BCUT2D eigenvalue weighted by atomic mass is 9.67. The van der Waals surface area contributed by atoms with E-state index in [1.807, 2.05) is 6.20 Å². The van der Waals surface area contributed by atoms with Crippen LogP contribution in [0.1, 0.15) is 57.6 Å². The third-order valence-corrected chi connectivity index (χ3v) is 5.38. The minimum Gasteiger partial charge on any atom is -0.330 e. The van der Waals surface area contributed by atoms with Crippen LogP contribution >= 0.6 is 15.9 Å². The van der Waals surface area contributed by atoms with Crippen LogP contribution in [0, 0.1) is 11.3 Å². The smallest absolute Gasteiger partial charge is 0.0413 e. The summed E-state index contributed by atoms with van der Waals surface area (Å²) in [6, 6.07) is 4.21. The van der Waals surface area contributed by atoms with Crippen molar-refractivity contribution in [1.29, 1.82) is 0 Å². The summed E-state index contributed by atoms with van der Waals surface area (Å²) in [4.78, 5) is 4.53. The van der Waals surface area contributed by atoms with Gasteiger partial charge < -0.3 is 5.73 Å². The van der Waals surface area contributed by atoms with Gasteiger partial charge in [-0.2, -0.15) is 0 Å². The molecule has 0 bridgehead atoms. The van der Waals surface area contributed by atoms with Crippen molar-refractivity contribution in [2.45, 2.75) is 58.3 Å². The number of unbranched alkanes of at least 4 members (excludes halogenated alkanes) is 1. The Labute approximate surface area is 131 Å². The second-order valence-corrected chi connectivity index (χ2v) is 7.35. The summed E-state index contributed by atoms with van der Waals surface area (Å²) in [5, 5.41) is 0. The molecule has 1 aromatic heterocycles. The van der Waals surface area contributed by atoms with Crippen LogP contribution in [0.5, 0.6) is 0 Å². The number of aromatic nitrogens is 1. The molecule has 0 atom stereocenters. The Bertz CT molecular complexity index is 394. The molecule has 1 aromatic rings. The fourth-order valence-electron chi connectivity index (χ4n) is 3.42. The van der Waals surface area contributed by atoms with Gasteiger partial charge in [-0.1, -0.05) is 26.2 Å². The molecule has 112 valence electrons. The summed E-state index contributed by atoms with van der Waals surface area (Å²) in [6.45, 7) is 3.08. The Morgan fingerprint density at radius 3 is 2.65 bits per heavy atom. The molecule has 0 saturated heterocycles. The molecule has 0 aromatic carbocycles. The molecule has 1 saturated carbocycles. The van der Waals surface area contributed by atoms with Gasteiger partial charge in [0.05, 0.1) is 0 Å². The average Bonchev–Trinajstić information content (AvgIpc) is 2.49. The molecule has 1 heterocycles. The molecular weight excluding hydrogens is 312 g/mol. The van der Waals surface area contributed by atoms with Crippen LogP contribution in [0.4, 0.5) is 0 Å². The fraction of sp³-hybridized carbons (Fsp3) is 0.706. The molecule has 1 fully saturated rings. The highest BCUT2D eigenvalue weighted by Gasteiger charge is 2.34. The van der Waals surface area contributed by atoms with Crippen molar-refractivity contribution in [1.82, 2.24) is 4.98 Å². The second kappa shape index (κ2) is 7.56. The summed E-state index contributed by atoms with van der Waals surface area (Å²) in [5.41, 5.74) is 7.61. The molecular formula is C17H27BrN2. The van der Waals surface area contributed by atoms with Gasteiger partial charge in [0.1, 0.15) is 0 Å². The highest BCUT2D eigenvalue weighted by atomic mass is 79.9. The van der Waals surface area contributed by atoms with E-state index < -0.39 is 0 Å². The molecule has 20 heavy (non-hydrogen) atoms. The van der Waals surface area contributed by atoms with Crippen LogP contribution in [0.25, 0.3) is 0 Å². The third-order valence-electron chi connectivity index (χ3n) is 4.91. The quantitative estimate of drug-likeness (QED) is 0.815. The number of rotatable bonds is 6. The van der Waals surface area contributed by atoms with Gasteiger partial charge >= 0.3 is 0 Å². The summed E-state index contributed by atoms with van der Waals surface area (Å²) >= 11 is 3.45. The predicted octanol–water partition coefficient (Wildman–Crippen LogP) is 4.71. The van der Waals surface area contributed by atoms with E-state index in [1.54, 1.807) is 0 Å². The lowest BCUT2D eigenvalue weighted by Crippen LogP contribution is -2.37. The lowest BCUT2D eigenvalue weighted by Gasteiger charge is -2.39. The Kier molecular flexibility index (Phi) is 6.03. The number of hydrogen-bond acceptors (Lipinski definition) is 2. The molecule has 2 N–H and O–H groups in total. The maximum absolute atomic E-state index is 6.12. The van der Waals surface area contributed by atoms with Gasteiger partial charge in [-0.25, -0.2) is 0 Å². The monoisotopic (exact) mass is 338 g/mol. The van der Waals surface area contributed by atoms with Gasteiger partial charge in [0.25, 0.3) is 0 Å². The first kappa shape index (κ1) is 16.0. The first-order valence-electron chi connectivity index (χ1n) is 7.98. The van der Waals surface area contributed by atoms with E-state index in [0.717, 1.165) is 23.4 Å². The van der Waals surface area contributed by atoms with Crippen LogP contribution in [-0.2, 0) is 6.42 Å². The third kappa shape index (κ3) is 4.29.